The predicted molar refractivity (Wildman–Crippen MR) is 109 cm³/mol. The highest BCUT2D eigenvalue weighted by molar-refractivity contribution is 6.35. The maximum atomic E-state index is 12.7. The number of hydrogen-bond donors (Lipinski definition) is 1. The van der Waals surface area contributed by atoms with Crippen molar-refractivity contribution in [1.82, 2.24) is 14.8 Å². The van der Waals surface area contributed by atoms with Gasteiger partial charge in [0.25, 0.3) is 6.10 Å². The fraction of sp³-hybridized carbons (Fsp3) is 0.571. The van der Waals surface area contributed by atoms with Gasteiger partial charge in [0.2, 0.25) is 0 Å². The minimum Gasteiger partial charge on any atom is -0.426 e. The van der Waals surface area contributed by atoms with Crippen molar-refractivity contribution < 1.29 is 35.9 Å². The molecule has 0 saturated carbocycles. The summed E-state index contributed by atoms with van der Waals surface area (Å²) in [7, 11) is 0. The second-order valence-electron chi connectivity index (χ2n) is 8.56. The zero-order valence-corrected chi connectivity index (χ0v) is 18.2. The first-order valence-corrected chi connectivity index (χ1v) is 10.9. The van der Waals surface area contributed by atoms with Crippen molar-refractivity contribution in [2.24, 2.45) is 0 Å². The molecule has 2 aromatic rings. The first-order chi connectivity index (χ1) is 15.4. The number of benzene rings is 1. The number of carbonyl (C=O) groups excluding carboxylic acids is 1. The molecular formula is C21H22ClF6N3O2. The molecule has 1 amide bonds. The van der Waals surface area contributed by atoms with Gasteiger partial charge in [-0.2, -0.15) is 26.3 Å². The third-order valence-corrected chi connectivity index (χ3v) is 6.92. The molecule has 5 nitrogen and oxygen atoms in total. The van der Waals surface area contributed by atoms with Gasteiger partial charge in [0.15, 0.2) is 0 Å². The summed E-state index contributed by atoms with van der Waals surface area (Å²) in [5, 5.41) is 1.55. The highest BCUT2D eigenvalue weighted by atomic mass is 35.5. The molecule has 1 spiro atoms. The van der Waals surface area contributed by atoms with Crippen LogP contribution in [0.1, 0.15) is 31.2 Å². The molecular weight excluding hydrogens is 476 g/mol. The van der Waals surface area contributed by atoms with E-state index in [1.165, 1.54) is 0 Å². The van der Waals surface area contributed by atoms with Crippen molar-refractivity contribution in [3.63, 3.8) is 0 Å². The van der Waals surface area contributed by atoms with Gasteiger partial charge >= 0.3 is 18.4 Å². The van der Waals surface area contributed by atoms with E-state index in [4.69, 9.17) is 11.6 Å². The Kier molecular flexibility index (Phi) is 6.24. The van der Waals surface area contributed by atoms with Gasteiger partial charge < -0.3 is 14.6 Å². The first-order valence-electron chi connectivity index (χ1n) is 10.5. The molecule has 0 bridgehead atoms. The topological polar surface area (TPSA) is 48.6 Å². The van der Waals surface area contributed by atoms with Crippen LogP contribution < -0.4 is 0 Å². The van der Waals surface area contributed by atoms with Crippen LogP contribution in [0.15, 0.2) is 24.4 Å². The summed E-state index contributed by atoms with van der Waals surface area (Å²) in [6, 6.07) is 5.57. The average molecular weight is 498 g/mol. The summed E-state index contributed by atoms with van der Waals surface area (Å²) in [4.78, 5) is 18.5. The van der Waals surface area contributed by atoms with E-state index in [0.29, 0.717) is 24.4 Å². The molecule has 2 fully saturated rings. The van der Waals surface area contributed by atoms with Crippen LogP contribution >= 0.6 is 11.6 Å². The van der Waals surface area contributed by atoms with E-state index < -0.39 is 24.5 Å². The standard InChI is InChI=1S/C21H22ClF6N3O2/c22-14-3-1-4-15-16(14)13(11-29-15)12-31-8-2-5-19(31)6-9-30(10-7-19)18(32)33-17(20(23,24)25)21(26,27)28/h1,3-4,11,17,29H,2,5-10,12H2. The Balaban J connectivity index is 1.43. The number of rotatable bonds is 3. The van der Waals surface area contributed by atoms with Gasteiger partial charge in [0.05, 0.1) is 5.02 Å². The quantitative estimate of drug-likeness (QED) is 0.539. The van der Waals surface area contributed by atoms with Crippen molar-refractivity contribution >= 4 is 28.6 Å². The number of aromatic amines is 1. The van der Waals surface area contributed by atoms with Crippen molar-refractivity contribution in [1.29, 1.82) is 0 Å². The largest absolute Gasteiger partial charge is 0.434 e. The molecule has 0 atom stereocenters. The van der Waals surface area contributed by atoms with Crippen molar-refractivity contribution in [2.75, 3.05) is 19.6 Å². The number of piperidine rings is 1. The number of ether oxygens (including phenoxy) is 1. The minimum atomic E-state index is -5.73. The van der Waals surface area contributed by atoms with Crippen LogP contribution in [0.2, 0.25) is 5.02 Å². The van der Waals surface area contributed by atoms with Gasteiger partial charge in [0.1, 0.15) is 0 Å². The van der Waals surface area contributed by atoms with Crippen LogP contribution in [-0.2, 0) is 11.3 Å². The number of fused-ring (bicyclic) bond motifs is 1. The van der Waals surface area contributed by atoms with E-state index in [1.807, 2.05) is 18.3 Å². The highest BCUT2D eigenvalue weighted by Gasteiger charge is 2.60. The lowest BCUT2D eigenvalue weighted by molar-refractivity contribution is -0.308. The van der Waals surface area contributed by atoms with E-state index in [9.17, 15) is 31.1 Å². The van der Waals surface area contributed by atoms with Crippen LogP contribution in [0.4, 0.5) is 31.1 Å². The highest BCUT2D eigenvalue weighted by Crippen LogP contribution is 2.41. The molecule has 182 valence electrons. The lowest BCUT2D eigenvalue weighted by Gasteiger charge is -2.45. The molecule has 2 aliphatic rings. The van der Waals surface area contributed by atoms with Crippen molar-refractivity contribution in [3.8, 4) is 0 Å². The smallest absolute Gasteiger partial charge is 0.426 e. The maximum absolute atomic E-state index is 12.7. The van der Waals surface area contributed by atoms with E-state index in [-0.39, 0.29) is 18.6 Å². The second-order valence-corrected chi connectivity index (χ2v) is 8.97. The molecule has 0 radical (unpaired) electrons. The molecule has 0 unspecified atom stereocenters. The SMILES string of the molecule is O=C(OC(C(F)(F)F)C(F)(F)F)N1CCC2(CCCN2Cc2c[nH]c3cccc(Cl)c23)CC1. The number of carbonyl (C=O) groups is 1. The molecule has 0 aliphatic carbocycles. The Morgan fingerprint density at radius 3 is 2.39 bits per heavy atom. The van der Waals surface area contributed by atoms with Crippen molar-refractivity contribution in [3.05, 3.63) is 35.0 Å². The molecule has 3 heterocycles. The average Bonchev–Trinajstić information content (AvgIpc) is 3.30. The number of aromatic nitrogens is 1. The molecule has 2 saturated heterocycles. The fourth-order valence-corrected chi connectivity index (χ4v) is 5.24. The minimum absolute atomic E-state index is 0.0202. The van der Waals surface area contributed by atoms with Crippen LogP contribution in [0.5, 0.6) is 0 Å². The Morgan fingerprint density at radius 2 is 1.76 bits per heavy atom. The molecule has 1 aromatic carbocycles. The summed E-state index contributed by atoms with van der Waals surface area (Å²) >= 11 is 6.37. The van der Waals surface area contributed by atoms with Gasteiger partial charge in [-0.1, -0.05) is 17.7 Å². The maximum Gasteiger partial charge on any atom is 0.434 e. The number of hydrogen-bond acceptors (Lipinski definition) is 3. The van der Waals surface area contributed by atoms with Crippen LogP contribution in [0.25, 0.3) is 10.9 Å². The zero-order valence-electron chi connectivity index (χ0n) is 17.4. The molecule has 2 aliphatic heterocycles. The van der Waals surface area contributed by atoms with E-state index >= 15 is 0 Å². The monoisotopic (exact) mass is 497 g/mol. The number of amides is 1. The molecule has 4 rings (SSSR count). The number of H-pyrrole nitrogens is 1. The van der Waals surface area contributed by atoms with Gasteiger partial charge in [-0.15, -0.1) is 0 Å². The van der Waals surface area contributed by atoms with Gasteiger partial charge in [-0.05, 0) is 49.9 Å². The molecule has 1 aromatic heterocycles. The number of halogens is 7. The van der Waals surface area contributed by atoms with Crippen LogP contribution in [-0.4, -0.2) is 64.5 Å². The van der Waals surface area contributed by atoms with Gasteiger partial charge in [-0.3, -0.25) is 4.90 Å². The zero-order chi connectivity index (χ0) is 24.0. The fourth-order valence-electron chi connectivity index (χ4n) is 4.95. The Hall–Kier alpha value is -2.14. The Labute approximate surface area is 190 Å². The van der Waals surface area contributed by atoms with Gasteiger partial charge in [-0.25, -0.2) is 4.79 Å². The molecule has 33 heavy (non-hydrogen) atoms. The lowest BCUT2D eigenvalue weighted by Crippen LogP contribution is -2.54. The normalized spacial score (nSPS) is 19.7. The number of nitrogens with one attached hydrogen (secondary N) is 1. The van der Waals surface area contributed by atoms with E-state index in [0.717, 1.165) is 40.8 Å². The summed E-state index contributed by atoms with van der Waals surface area (Å²) in [5.41, 5.74) is 1.64. The first kappa shape index (κ1) is 24.0. The third-order valence-electron chi connectivity index (χ3n) is 6.60. The van der Waals surface area contributed by atoms with E-state index in [1.54, 1.807) is 6.07 Å². The summed E-state index contributed by atoms with van der Waals surface area (Å²) in [6.45, 7) is 1.43. The number of likely N-dealkylation sites (tertiary alicyclic amines) is 2. The third kappa shape index (κ3) is 4.75. The summed E-state index contributed by atoms with van der Waals surface area (Å²) < 4.78 is 80.2. The Bertz CT molecular complexity index is 1000. The summed E-state index contributed by atoms with van der Waals surface area (Å²) in [6.07, 6.45) is -12.7. The van der Waals surface area contributed by atoms with Crippen molar-refractivity contribution in [2.45, 2.75) is 56.2 Å². The predicted octanol–water partition coefficient (Wildman–Crippen LogP) is 5.88. The van der Waals surface area contributed by atoms with Gasteiger partial charge in [0, 0.05) is 42.3 Å². The lowest BCUT2D eigenvalue weighted by atomic mass is 9.85. The number of nitrogens with zero attached hydrogens (tertiary/aromatic N) is 2. The van der Waals surface area contributed by atoms with Crippen LogP contribution in [0.3, 0.4) is 0 Å². The Morgan fingerprint density at radius 1 is 1.09 bits per heavy atom. The van der Waals surface area contributed by atoms with E-state index in [2.05, 4.69) is 14.6 Å². The second kappa shape index (κ2) is 8.57. The van der Waals surface area contributed by atoms with Crippen LogP contribution in [0, 0.1) is 0 Å². The molecule has 12 heteroatoms. The number of alkyl halides is 6. The summed E-state index contributed by atoms with van der Waals surface area (Å²) in [5.74, 6) is 0. The molecule has 1 N–H and O–H groups in total.